The van der Waals surface area contributed by atoms with Crippen molar-refractivity contribution in [1.29, 1.82) is 0 Å². The summed E-state index contributed by atoms with van der Waals surface area (Å²) < 4.78 is 0. The van der Waals surface area contributed by atoms with Gasteiger partial charge in [-0.1, -0.05) is 67.8 Å². The molecule has 2 aliphatic rings. The second-order valence-corrected chi connectivity index (χ2v) is 11.7. The Kier molecular flexibility index (Phi) is 11.3. The third-order valence-corrected chi connectivity index (χ3v) is 8.44. The molecule has 1 unspecified atom stereocenters. The van der Waals surface area contributed by atoms with Crippen LogP contribution in [0.3, 0.4) is 0 Å². The van der Waals surface area contributed by atoms with Crippen molar-refractivity contribution in [3.8, 4) is 0 Å². The normalized spacial score (nSPS) is 18.9. The van der Waals surface area contributed by atoms with Crippen LogP contribution in [0.5, 0.6) is 0 Å². The highest BCUT2D eigenvalue weighted by atomic mass is 32.2. The van der Waals surface area contributed by atoms with Gasteiger partial charge < -0.3 is 15.5 Å². The van der Waals surface area contributed by atoms with Gasteiger partial charge in [0.25, 0.3) is 5.91 Å². The zero-order valence-corrected chi connectivity index (χ0v) is 22.1. The molecule has 0 saturated heterocycles. The van der Waals surface area contributed by atoms with Gasteiger partial charge in [0.1, 0.15) is 0 Å². The lowest BCUT2D eigenvalue weighted by molar-refractivity contribution is -0.114. The highest BCUT2D eigenvalue weighted by Gasteiger charge is 2.23. The van der Waals surface area contributed by atoms with Crippen LogP contribution < -0.4 is 5.32 Å². The molecular formula is C28H39NO3S2. The van der Waals surface area contributed by atoms with Crippen molar-refractivity contribution in [2.75, 3.05) is 6.61 Å². The van der Waals surface area contributed by atoms with Gasteiger partial charge in [-0.15, -0.1) is 11.8 Å². The van der Waals surface area contributed by atoms with E-state index in [0.717, 1.165) is 52.7 Å². The van der Waals surface area contributed by atoms with Crippen molar-refractivity contribution in [1.82, 2.24) is 5.32 Å². The molecule has 4 nitrogen and oxygen atoms in total. The van der Waals surface area contributed by atoms with Crippen LogP contribution in [0, 0.1) is 5.92 Å². The minimum atomic E-state index is -0.753. The van der Waals surface area contributed by atoms with Crippen LogP contribution in [0.1, 0.15) is 77.2 Å². The average molecular weight is 502 g/mol. The molecule has 2 aliphatic carbocycles. The van der Waals surface area contributed by atoms with Crippen LogP contribution in [0.4, 0.5) is 0 Å². The fourth-order valence-electron chi connectivity index (χ4n) is 3.99. The number of amides is 1. The minimum absolute atomic E-state index is 0.0641. The third-order valence-electron chi connectivity index (χ3n) is 6.05. The molecule has 1 aromatic rings. The number of carbonyl (C=O) groups excluding carboxylic acids is 1. The average Bonchev–Trinajstić information content (AvgIpc) is 3.50. The van der Waals surface area contributed by atoms with Crippen LogP contribution >= 0.6 is 23.5 Å². The fourth-order valence-corrected chi connectivity index (χ4v) is 5.83. The molecule has 0 heterocycles. The standard InChI is InChI=1S/C28H39NO3S2/c1-3-4-9-27(33-19-20(2)16-23(31)18-30)29-28(32)26(17-21-7-5-6-8-21)22-10-12-24(13-11-22)34-25-14-15-25/h9-13,17,19,21,23,25,30-31H,3-8,14-16,18H2,1-2H3,(H,29,32)/b20-19+,26-17+,27-9+. The predicted octanol–water partition coefficient (Wildman–Crippen LogP) is 6.65. The van der Waals surface area contributed by atoms with E-state index in [1.54, 1.807) is 0 Å². The number of carbonyl (C=O) groups is 1. The lowest BCUT2D eigenvalue weighted by Crippen LogP contribution is -2.23. The largest absolute Gasteiger partial charge is 0.394 e. The maximum Gasteiger partial charge on any atom is 0.256 e. The lowest BCUT2D eigenvalue weighted by Gasteiger charge is -2.14. The van der Waals surface area contributed by atoms with Crippen molar-refractivity contribution in [3.63, 3.8) is 0 Å². The van der Waals surface area contributed by atoms with E-state index in [0.29, 0.717) is 12.3 Å². The molecule has 34 heavy (non-hydrogen) atoms. The van der Waals surface area contributed by atoms with Crippen LogP contribution in [0.15, 0.2) is 57.3 Å². The van der Waals surface area contributed by atoms with E-state index >= 15 is 0 Å². The van der Waals surface area contributed by atoms with Gasteiger partial charge in [-0.25, -0.2) is 0 Å². The Morgan fingerprint density at radius 1 is 1.18 bits per heavy atom. The van der Waals surface area contributed by atoms with E-state index in [2.05, 4.69) is 48.7 Å². The molecule has 0 spiro atoms. The van der Waals surface area contributed by atoms with Gasteiger partial charge in [-0.2, -0.15) is 0 Å². The Bertz CT molecular complexity index is 881. The number of thioether (sulfide) groups is 2. The number of allylic oxidation sites excluding steroid dienone is 2. The van der Waals surface area contributed by atoms with Gasteiger partial charge in [0.05, 0.1) is 17.7 Å². The molecule has 0 aliphatic heterocycles. The van der Waals surface area contributed by atoms with E-state index in [9.17, 15) is 9.90 Å². The highest BCUT2D eigenvalue weighted by molar-refractivity contribution is 8.05. The zero-order chi connectivity index (χ0) is 24.3. The first kappa shape index (κ1) is 27.1. The number of hydrogen-bond acceptors (Lipinski definition) is 5. The molecule has 2 fully saturated rings. The molecule has 186 valence electrons. The molecule has 6 heteroatoms. The first-order chi connectivity index (χ1) is 16.5. The summed E-state index contributed by atoms with van der Waals surface area (Å²) in [6.07, 6.45) is 13.2. The van der Waals surface area contributed by atoms with Crippen LogP contribution in [0.2, 0.25) is 0 Å². The number of hydrogen-bond donors (Lipinski definition) is 3. The number of aliphatic hydroxyl groups excluding tert-OH is 2. The van der Waals surface area contributed by atoms with E-state index in [4.69, 9.17) is 5.11 Å². The summed E-state index contributed by atoms with van der Waals surface area (Å²) in [5, 5.41) is 25.5. The van der Waals surface area contributed by atoms with Gasteiger partial charge in [-0.3, -0.25) is 4.79 Å². The number of unbranched alkanes of at least 4 members (excludes halogenated alkanes) is 1. The molecule has 0 bridgehead atoms. The number of aliphatic hydroxyl groups is 2. The Morgan fingerprint density at radius 2 is 1.88 bits per heavy atom. The topological polar surface area (TPSA) is 69.6 Å². The molecule has 3 rings (SSSR count). The molecule has 0 radical (unpaired) electrons. The second-order valence-electron chi connectivity index (χ2n) is 9.40. The molecule has 2 saturated carbocycles. The van der Waals surface area contributed by atoms with Crippen molar-refractivity contribution in [2.45, 2.75) is 87.9 Å². The van der Waals surface area contributed by atoms with Crippen molar-refractivity contribution >= 4 is 35.0 Å². The molecular weight excluding hydrogens is 462 g/mol. The van der Waals surface area contributed by atoms with Crippen LogP contribution in [-0.2, 0) is 4.79 Å². The Hall–Kier alpha value is -1.47. The highest BCUT2D eigenvalue weighted by Crippen LogP contribution is 2.39. The minimum Gasteiger partial charge on any atom is -0.394 e. The maximum atomic E-state index is 13.5. The Morgan fingerprint density at radius 3 is 2.50 bits per heavy atom. The van der Waals surface area contributed by atoms with Gasteiger partial charge >= 0.3 is 0 Å². The van der Waals surface area contributed by atoms with Crippen LogP contribution in [0.25, 0.3) is 5.57 Å². The van der Waals surface area contributed by atoms with Crippen molar-refractivity contribution < 1.29 is 15.0 Å². The van der Waals surface area contributed by atoms with E-state index < -0.39 is 6.10 Å². The second kappa shape index (κ2) is 14.2. The van der Waals surface area contributed by atoms with E-state index in [-0.39, 0.29) is 12.5 Å². The monoisotopic (exact) mass is 501 g/mol. The summed E-state index contributed by atoms with van der Waals surface area (Å²) in [6.45, 7) is 3.79. The summed E-state index contributed by atoms with van der Waals surface area (Å²) >= 11 is 3.40. The van der Waals surface area contributed by atoms with Crippen molar-refractivity contribution in [3.05, 3.63) is 58.0 Å². The third kappa shape index (κ3) is 9.29. The first-order valence-electron chi connectivity index (χ1n) is 12.6. The van der Waals surface area contributed by atoms with Gasteiger partial charge in [0.15, 0.2) is 0 Å². The predicted molar refractivity (Wildman–Crippen MR) is 145 cm³/mol. The first-order valence-corrected chi connectivity index (χ1v) is 14.4. The fraction of sp³-hybridized carbons (Fsp3) is 0.536. The summed E-state index contributed by atoms with van der Waals surface area (Å²) in [5.41, 5.74) is 2.70. The molecule has 3 N–H and O–H groups in total. The van der Waals surface area contributed by atoms with E-state index in [1.165, 1.54) is 42.3 Å². The molecule has 0 aromatic heterocycles. The summed E-state index contributed by atoms with van der Waals surface area (Å²) in [7, 11) is 0. The Balaban J connectivity index is 1.75. The van der Waals surface area contributed by atoms with Crippen LogP contribution in [-0.4, -0.2) is 34.1 Å². The number of rotatable bonds is 13. The Labute approximate surface area is 213 Å². The number of nitrogens with one attached hydrogen (secondary N) is 1. The molecule has 1 aromatic carbocycles. The van der Waals surface area contributed by atoms with Gasteiger partial charge in [-0.05, 0) is 74.5 Å². The molecule has 1 amide bonds. The smallest absolute Gasteiger partial charge is 0.256 e. The number of benzene rings is 1. The molecule has 1 atom stereocenters. The quantitative estimate of drug-likeness (QED) is 0.264. The van der Waals surface area contributed by atoms with Gasteiger partial charge in [0.2, 0.25) is 0 Å². The summed E-state index contributed by atoms with van der Waals surface area (Å²) in [6, 6.07) is 8.48. The summed E-state index contributed by atoms with van der Waals surface area (Å²) in [4.78, 5) is 14.8. The van der Waals surface area contributed by atoms with Gasteiger partial charge in [0, 0.05) is 15.7 Å². The SMILES string of the molecule is CCC/C=C(\NC(=O)/C(=C/C1CCCC1)c1ccc(SC2CC2)cc1)S/C=C(\C)CC(O)CO. The maximum absolute atomic E-state index is 13.5. The van der Waals surface area contributed by atoms with Crippen molar-refractivity contribution in [2.24, 2.45) is 5.92 Å². The zero-order valence-electron chi connectivity index (χ0n) is 20.5. The summed E-state index contributed by atoms with van der Waals surface area (Å²) in [5.74, 6) is 0.393. The van der Waals surface area contributed by atoms with E-state index in [1.807, 2.05) is 24.1 Å². The lowest BCUT2D eigenvalue weighted by atomic mass is 9.98.